The molecule has 0 saturated heterocycles. The second-order valence-electron chi connectivity index (χ2n) is 6.81. The van der Waals surface area contributed by atoms with Crippen molar-refractivity contribution in [3.63, 3.8) is 0 Å². The number of hydrogen-bond donors (Lipinski definition) is 0. The minimum atomic E-state index is 0.873. The fourth-order valence-electron chi connectivity index (χ4n) is 2.93. The van der Waals surface area contributed by atoms with Gasteiger partial charge in [-0.3, -0.25) is 4.90 Å². The summed E-state index contributed by atoms with van der Waals surface area (Å²) in [6.07, 6.45) is 15.7. The van der Waals surface area contributed by atoms with Crippen molar-refractivity contribution in [2.45, 2.75) is 91.9 Å². The SMILES string of the molecule is CCCCCCCCCCCCOC=[N+](CC)CCN(CC)CC. The van der Waals surface area contributed by atoms with Crippen LogP contribution in [0, 0.1) is 0 Å². The number of hydrogen-bond acceptors (Lipinski definition) is 2. The van der Waals surface area contributed by atoms with Crippen LogP contribution in [0.3, 0.4) is 0 Å². The molecule has 0 heterocycles. The molecule has 0 aliphatic rings. The summed E-state index contributed by atoms with van der Waals surface area (Å²) in [5, 5.41) is 0. The highest BCUT2D eigenvalue weighted by Crippen LogP contribution is 2.10. The first-order valence-corrected chi connectivity index (χ1v) is 10.7. The van der Waals surface area contributed by atoms with Gasteiger partial charge in [-0.15, -0.1) is 0 Å². The molecule has 0 rings (SSSR count). The van der Waals surface area contributed by atoms with Crippen LogP contribution >= 0.6 is 0 Å². The van der Waals surface area contributed by atoms with E-state index >= 15 is 0 Å². The molecule has 0 bridgehead atoms. The zero-order valence-corrected chi connectivity index (χ0v) is 17.2. The summed E-state index contributed by atoms with van der Waals surface area (Å²) in [5.74, 6) is 0. The molecule has 0 aromatic heterocycles. The molecule has 0 unspecified atom stereocenters. The van der Waals surface area contributed by atoms with Crippen molar-refractivity contribution >= 4 is 6.40 Å². The van der Waals surface area contributed by atoms with Crippen LogP contribution in [0.1, 0.15) is 91.9 Å². The zero-order chi connectivity index (χ0) is 17.9. The van der Waals surface area contributed by atoms with E-state index in [-0.39, 0.29) is 0 Å². The molecule has 0 atom stereocenters. The summed E-state index contributed by atoms with van der Waals surface area (Å²) < 4.78 is 8.03. The minimum Gasteiger partial charge on any atom is -0.450 e. The molecule has 0 spiro atoms. The monoisotopic (exact) mass is 341 g/mol. The van der Waals surface area contributed by atoms with Gasteiger partial charge in [0.2, 0.25) is 0 Å². The Labute approximate surface area is 152 Å². The van der Waals surface area contributed by atoms with E-state index in [0.29, 0.717) is 0 Å². The molecule has 0 aliphatic carbocycles. The van der Waals surface area contributed by atoms with Crippen LogP contribution < -0.4 is 0 Å². The molecule has 0 N–H and O–H groups in total. The number of unbranched alkanes of at least 4 members (excludes halogenated alkanes) is 9. The lowest BCUT2D eigenvalue weighted by Gasteiger charge is -2.16. The maximum Gasteiger partial charge on any atom is 0.323 e. The molecule has 3 heteroatoms. The van der Waals surface area contributed by atoms with Gasteiger partial charge in [0.05, 0.1) is 13.2 Å². The van der Waals surface area contributed by atoms with Crippen LogP contribution in [-0.2, 0) is 4.74 Å². The van der Waals surface area contributed by atoms with Gasteiger partial charge >= 0.3 is 6.40 Å². The Morgan fingerprint density at radius 2 is 1.29 bits per heavy atom. The van der Waals surface area contributed by atoms with E-state index in [2.05, 4.69) is 37.2 Å². The number of likely N-dealkylation sites (N-methyl/N-ethyl adjacent to an activating group) is 2. The normalized spacial score (nSPS) is 12.1. The largest absolute Gasteiger partial charge is 0.450 e. The first kappa shape index (κ1) is 23.4. The maximum absolute atomic E-state index is 5.74. The Bertz CT molecular complexity index is 275. The molecular formula is C21H45N2O+. The summed E-state index contributed by atoms with van der Waals surface area (Å²) in [6, 6.07) is 0. The average Bonchev–Trinajstić information content (AvgIpc) is 2.61. The Balaban J connectivity index is 3.48. The Kier molecular flexibility index (Phi) is 18.3. The standard InChI is InChI=1S/C21H45N2O/c1-5-9-10-11-12-13-14-15-16-17-20-24-21-23(8-4)19-18-22(6-2)7-3/h21H,5-20H2,1-4H3/q+1. The van der Waals surface area contributed by atoms with Gasteiger partial charge in [-0.05, 0) is 26.4 Å². The van der Waals surface area contributed by atoms with Crippen LogP contribution in [0.25, 0.3) is 0 Å². The second-order valence-corrected chi connectivity index (χ2v) is 6.81. The van der Waals surface area contributed by atoms with Crippen molar-refractivity contribution in [1.82, 2.24) is 4.90 Å². The molecule has 0 fully saturated rings. The smallest absolute Gasteiger partial charge is 0.323 e. The molecule has 0 aromatic carbocycles. The lowest BCUT2D eigenvalue weighted by Crippen LogP contribution is -2.31. The van der Waals surface area contributed by atoms with E-state index in [9.17, 15) is 0 Å². The van der Waals surface area contributed by atoms with Crippen molar-refractivity contribution in [2.24, 2.45) is 0 Å². The Morgan fingerprint density at radius 3 is 1.79 bits per heavy atom. The summed E-state index contributed by atoms with van der Waals surface area (Å²) in [7, 11) is 0. The van der Waals surface area contributed by atoms with Crippen LogP contribution in [0.4, 0.5) is 0 Å². The summed E-state index contributed by atoms with van der Waals surface area (Å²) >= 11 is 0. The highest BCUT2D eigenvalue weighted by Gasteiger charge is 2.05. The minimum absolute atomic E-state index is 0.873. The summed E-state index contributed by atoms with van der Waals surface area (Å²) in [5.41, 5.74) is 0. The lowest BCUT2D eigenvalue weighted by atomic mass is 10.1. The third-order valence-electron chi connectivity index (χ3n) is 4.84. The predicted molar refractivity (Wildman–Crippen MR) is 107 cm³/mol. The van der Waals surface area contributed by atoms with Crippen LogP contribution in [0.5, 0.6) is 0 Å². The fraction of sp³-hybridized carbons (Fsp3) is 0.952. The van der Waals surface area contributed by atoms with Crippen LogP contribution in [-0.4, -0.2) is 55.2 Å². The molecule has 0 saturated carbocycles. The van der Waals surface area contributed by atoms with Gasteiger partial charge in [0, 0.05) is 0 Å². The Morgan fingerprint density at radius 1 is 0.750 bits per heavy atom. The first-order chi connectivity index (χ1) is 11.8. The van der Waals surface area contributed by atoms with Gasteiger partial charge in [0.25, 0.3) is 0 Å². The number of nitrogens with zero attached hydrogens (tertiary/aromatic N) is 2. The third-order valence-corrected chi connectivity index (χ3v) is 4.84. The van der Waals surface area contributed by atoms with E-state index in [4.69, 9.17) is 4.74 Å². The second kappa shape index (κ2) is 18.8. The van der Waals surface area contributed by atoms with E-state index in [0.717, 1.165) is 39.3 Å². The zero-order valence-electron chi connectivity index (χ0n) is 17.2. The van der Waals surface area contributed by atoms with Gasteiger partial charge < -0.3 is 4.74 Å². The molecule has 144 valence electrons. The van der Waals surface area contributed by atoms with Gasteiger partial charge in [-0.2, -0.15) is 0 Å². The molecule has 0 aliphatic heterocycles. The molecule has 0 amide bonds. The van der Waals surface area contributed by atoms with Gasteiger partial charge in [0.1, 0.15) is 6.54 Å². The van der Waals surface area contributed by atoms with E-state index in [1.54, 1.807) is 0 Å². The quantitative estimate of drug-likeness (QED) is 0.145. The van der Waals surface area contributed by atoms with Crippen molar-refractivity contribution in [2.75, 3.05) is 39.3 Å². The number of rotatable bonds is 18. The van der Waals surface area contributed by atoms with Crippen molar-refractivity contribution in [1.29, 1.82) is 0 Å². The van der Waals surface area contributed by atoms with Crippen LogP contribution in [0.15, 0.2) is 0 Å². The van der Waals surface area contributed by atoms with Crippen LogP contribution in [0.2, 0.25) is 0 Å². The molecule has 3 nitrogen and oxygen atoms in total. The Hall–Kier alpha value is -0.570. The summed E-state index contributed by atoms with van der Waals surface area (Å²) in [4.78, 5) is 2.46. The van der Waals surface area contributed by atoms with Crippen molar-refractivity contribution in [3.05, 3.63) is 0 Å². The van der Waals surface area contributed by atoms with E-state index < -0.39 is 0 Å². The highest BCUT2D eigenvalue weighted by molar-refractivity contribution is 5.39. The van der Waals surface area contributed by atoms with Crippen molar-refractivity contribution in [3.8, 4) is 0 Å². The summed E-state index contributed by atoms with van der Waals surface area (Å²) in [6.45, 7) is 15.3. The van der Waals surface area contributed by atoms with Gasteiger partial charge in [-0.25, -0.2) is 4.58 Å². The van der Waals surface area contributed by atoms with Crippen molar-refractivity contribution < 1.29 is 9.31 Å². The van der Waals surface area contributed by atoms with Gasteiger partial charge in [0.15, 0.2) is 6.54 Å². The first-order valence-electron chi connectivity index (χ1n) is 10.7. The highest BCUT2D eigenvalue weighted by atomic mass is 16.5. The van der Waals surface area contributed by atoms with E-state index in [1.807, 2.05) is 6.40 Å². The lowest BCUT2D eigenvalue weighted by molar-refractivity contribution is -0.527. The molecular weight excluding hydrogens is 296 g/mol. The van der Waals surface area contributed by atoms with Gasteiger partial charge in [-0.1, -0.05) is 78.6 Å². The average molecular weight is 342 g/mol. The molecule has 0 aromatic rings. The maximum atomic E-state index is 5.74. The third kappa shape index (κ3) is 15.0. The van der Waals surface area contributed by atoms with E-state index in [1.165, 1.54) is 64.2 Å². The topological polar surface area (TPSA) is 15.5 Å². The number of ether oxygens (including phenoxy) is 1. The fourth-order valence-corrected chi connectivity index (χ4v) is 2.93. The molecule has 24 heavy (non-hydrogen) atoms. The predicted octanol–water partition coefficient (Wildman–Crippen LogP) is 5.33. The molecule has 0 radical (unpaired) electrons.